The summed E-state index contributed by atoms with van der Waals surface area (Å²) in [6.07, 6.45) is 0. The highest BCUT2D eigenvalue weighted by molar-refractivity contribution is 6.22. The van der Waals surface area contributed by atoms with Crippen LogP contribution in [0.3, 0.4) is 0 Å². The molecule has 13 nitrogen and oxygen atoms in total. The van der Waals surface area contributed by atoms with Gasteiger partial charge in [0.15, 0.2) is 40.4 Å². The molecule has 0 spiro atoms. The monoisotopic (exact) mass is 657 g/mol. The molecule has 0 aliphatic rings. The molecule has 3 aromatic heterocycles. The number of fused-ring (bicyclic) bond motifs is 6. The zero-order chi connectivity index (χ0) is 36.3. The van der Waals surface area contributed by atoms with Gasteiger partial charge < -0.3 is 0 Å². The van der Waals surface area contributed by atoms with Gasteiger partial charge in [-0.1, -0.05) is 0 Å². The molecule has 0 bridgehead atoms. The van der Waals surface area contributed by atoms with E-state index in [-0.39, 0.29) is 66.5 Å². The number of nitriles is 8. The molecule has 0 amide bonds. The molecule has 0 aliphatic carbocycles. The summed E-state index contributed by atoms with van der Waals surface area (Å²) in [5.74, 6) is -8.50. The van der Waals surface area contributed by atoms with E-state index in [9.17, 15) is 49.1 Å². The summed E-state index contributed by atoms with van der Waals surface area (Å²) in [5.41, 5.74) is -3.72. The van der Waals surface area contributed by atoms with Crippen molar-refractivity contribution < 1.29 is 17.6 Å². The number of halogens is 4. The van der Waals surface area contributed by atoms with Crippen LogP contribution in [0, 0.1) is 126 Å². The van der Waals surface area contributed by atoms with Gasteiger partial charge in [-0.3, -0.25) is 0 Å². The van der Waals surface area contributed by atoms with Crippen LogP contribution < -0.4 is 10.4 Å². The summed E-state index contributed by atoms with van der Waals surface area (Å²) in [6, 6.07) is 20.5. The molecule has 0 atom stereocenters. The first-order chi connectivity index (χ1) is 24.1. The molecule has 226 valence electrons. The standard InChI is InChI=1S/C33H3F4N13/c34-27-25(17(6-40)7-41)28(35)30(37)26(29(27)36)18(8-42)13-47-46-12-16-3-19-20-1-14(4-38)22(9-43)49-32(20)33-21(31(19)48-24(16)11-45)2-15(5-39)23(10-44)50-33/h1-3H/q+2. The molecule has 17 heteroatoms. The predicted molar refractivity (Wildman–Crippen MR) is 159 cm³/mol. The van der Waals surface area contributed by atoms with Crippen molar-refractivity contribution in [3.8, 4) is 60.7 Å². The van der Waals surface area contributed by atoms with Crippen molar-refractivity contribution in [2.75, 3.05) is 0 Å². The zero-order valence-corrected chi connectivity index (χ0v) is 24.1. The minimum absolute atomic E-state index is 0.0272. The highest BCUT2D eigenvalue weighted by Crippen LogP contribution is 2.35. The topological polar surface area (TPSA) is 238 Å². The van der Waals surface area contributed by atoms with Gasteiger partial charge in [0, 0.05) is 16.2 Å². The molecule has 0 saturated carbocycles. The van der Waals surface area contributed by atoms with E-state index >= 15 is 0 Å². The molecule has 0 aliphatic heterocycles. The van der Waals surface area contributed by atoms with Crippen LogP contribution in [0.4, 0.5) is 17.6 Å². The van der Waals surface area contributed by atoms with Gasteiger partial charge in [-0.15, -0.1) is 0 Å². The molecular formula is C33H3F4N13+2. The highest BCUT2D eigenvalue weighted by Gasteiger charge is 2.25. The zero-order valence-electron chi connectivity index (χ0n) is 24.1. The highest BCUT2D eigenvalue weighted by atomic mass is 19.2. The second-order valence-electron chi connectivity index (χ2n) is 9.42. The first-order valence-corrected chi connectivity index (χ1v) is 13.0. The van der Waals surface area contributed by atoms with Crippen LogP contribution >= 0.6 is 0 Å². The Hall–Kier alpha value is -8.97. The lowest BCUT2D eigenvalue weighted by Crippen LogP contribution is -2.31. The molecular weight excluding hydrogens is 654 g/mol. The molecule has 5 aromatic rings. The molecule has 0 unspecified atom stereocenters. The lowest BCUT2D eigenvalue weighted by Gasteiger charge is -2.10. The van der Waals surface area contributed by atoms with Crippen molar-refractivity contribution in [3.05, 3.63) is 95.6 Å². The summed E-state index contributed by atoms with van der Waals surface area (Å²) >= 11 is 0. The van der Waals surface area contributed by atoms with E-state index in [1.165, 1.54) is 24.3 Å². The minimum Gasteiger partial charge on any atom is -0.235 e. The first-order valence-electron chi connectivity index (χ1n) is 13.0. The fourth-order valence-electron chi connectivity index (χ4n) is 4.71. The number of rotatable bonds is 0. The van der Waals surface area contributed by atoms with E-state index in [0.29, 0.717) is 0 Å². The van der Waals surface area contributed by atoms with Gasteiger partial charge in [-0.05, 0) is 18.2 Å². The van der Waals surface area contributed by atoms with Crippen LogP contribution in [0.5, 0.6) is 0 Å². The average molecular weight is 657 g/mol. The number of aromatic nitrogens is 3. The lowest BCUT2D eigenvalue weighted by molar-refractivity contribution is 0.434. The summed E-state index contributed by atoms with van der Waals surface area (Å²) in [5, 5.41) is 72.7. The fraction of sp³-hybridized carbons (Fsp3) is 0. The van der Waals surface area contributed by atoms with Crippen molar-refractivity contribution in [1.29, 1.82) is 42.1 Å². The maximum atomic E-state index is 14.8. The summed E-state index contributed by atoms with van der Waals surface area (Å²) in [4.78, 5) is 19.6. The molecule has 3 heterocycles. The summed E-state index contributed by atoms with van der Waals surface area (Å²) in [6.45, 7) is 0. The molecule has 0 N–H and O–H groups in total. The Morgan fingerprint density at radius 3 is 1.36 bits per heavy atom. The van der Waals surface area contributed by atoms with Crippen molar-refractivity contribution in [2.24, 2.45) is 0 Å². The van der Waals surface area contributed by atoms with E-state index in [1.807, 2.05) is 12.1 Å². The molecule has 0 saturated heterocycles. The third-order valence-corrected chi connectivity index (χ3v) is 6.88. The third kappa shape index (κ3) is 5.02. The Balaban J connectivity index is 1.82. The average Bonchev–Trinajstić information content (AvgIpc) is 3.14. The van der Waals surface area contributed by atoms with Gasteiger partial charge in [0.05, 0.1) is 32.6 Å². The third-order valence-electron chi connectivity index (χ3n) is 6.88. The maximum absolute atomic E-state index is 14.8. The van der Waals surface area contributed by atoms with Gasteiger partial charge in [-0.25, -0.2) is 32.5 Å². The first kappa shape index (κ1) is 32.4. The number of benzene rings is 2. The van der Waals surface area contributed by atoms with Crippen LogP contribution in [0.2, 0.25) is 0 Å². The number of nitrogens with zero attached hydrogens (tertiary/aromatic N) is 13. The molecule has 5 rings (SSSR count). The second kappa shape index (κ2) is 12.8. The molecule has 0 radical (unpaired) electrons. The van der Waals surface area contributed by atoms with Crippen molar-refractivity contribution in [3.63, 3.8) is 0 Å². The van der Waals surface area contributed by atoms with Crippen LogP contribution in [-0.2, 0) is 0 Å². The summed E-state index contributed by atoms with van der Waals surface area (Å²) in [7, 11) is 0. The normalized spacial score (nSPS) is 9.52. The van der Waals surface area contributed by atoms with E-state index in [2.05, 4.69) is 30.9 Å². The van der Waals surface area contributed by atoms with Gasteiger partial charge in [-0.2, -0.15) is 42.1 Å². The lowest BCUT2D eigenvalue weighted by atomic mass is 9.98. The Kier molecular flexibility index (Phi) is 8.30. The maximum Gasteiger partial charge on any atom is 0.440 e. The van der Waals surface area contributed by atoms with Crippen LogP contribution in [0.15, 0.2) is 18.2 Å². The number of hydrogen-bond acceptors (Lipinski definition) is 11. The van der Waals surface area contributed by atoms with Gasteiger partial charge in [0.1, 0.15) is 65.2 Å². The predicted octanol–water partition coefficient (Wildman–Crippen LogP) is 3.75. The number of pyridine rings is 3. The Bertz CT molecular complexity index is 2990. The number of hydrogen-bond donors (Lipinski definition) is 0. The fourth-order valence-corrected chi connectivity index (χ4v) is 4.71. The molecule has 2 aromatic carbocycles. The van der Waals surface area contributed by atoms with Gasteiger partial charge in [0.2, 0.25) is 5.57 Å². The molecule has 50 heavy (non-hydrogen) atoms. The van der Waals surface area contributed by atoms with Crippen LogP contribution in [0.1, 0.15) is 33.8 Å². The smallest absolute Gasteiger partial charge is 0.235 e. The second-order valence-corrected chi connectivity index (χ2v) is 9.42. The van der Waals surface area contributed by atoms with Crippen LogP contribution in [0.25, 0.3) is 53.8 Å². The van der Waals surface area contributed by atoms with E-state index in [0.717, 1.165) is 12.1 Å². The minimum atomic E-state index is -2.13. The van der Waals surface area contributed by atoms with Gasteiger partial charge >= 0.3 is 22.0 Å². The SMILES string of the molecule is N#CC(C#N)=c1c(F)c(F)c(=C(C#N)C#[N+][N+]#Cc2cc3c4cc(C#N)c(C#N)nc4c4nc(C#N)c(C#N)cc4c3nc2C#N)c(F)c1F. The van der Waals surface area contributed by atoms with Crippen molar-refractivity contribution >= 4 is 43.9 Å². The van der Waals surface area contributed by atoms with Crippen LogP contribution in [-0.4, -0.2) is 15.0 Å². The summed E-state index contributed by atoms with van der Waals surface area (Å²) < 4.78 is 58.8. The Morgan fingerprint density at radius 1 is 0.480 bits per heavy atom. The quantitative estimate of drug-likeness (QED) is 0.101. The largest absolute Gasteiger partial charge is 0.440 e. The molecule has 0 fully saturated rings. The van der Waals surface area contributed by atoms with Gasteiger partial charge in [0.25, 0.3) is 0 Å². The van der Waals surface area contributed by atoms with Crippen molar-refractivity contribution in [2.45, 2.75) is 0 Å². The van der Waals surface area contributed by atoms with E-state index in [1.54, 1.807) is 24.3 Å². The Morgan fingerprint density at radius 2 is 0.880 bits per heavy atom. The Labute approximate surface area is 274 Å². The van der Waals surface area contributed by atoms with Crippen molar-refractivity contribution in [1.82, 2.24) is 15.0 Å². The van der Waals surface area contributed by atoms with E-state index in [4.69, 9.17) is 10.5 Å². The van der Waals surface area contributed by atoms with E-state index < -0.39 is 44.9 Å².